The standard InChI is InChI=1S/C13H26N2O3S/c1-13(2,3)8-10(14)9-15-12(16)11-6-4-5-7-19(11,17)18/h10-11H,4-9,14H2,1-3H3,(H,15,16). The number of hydrogen-bond acceptors (Lipinski definition) is 4. The zero-order chi connectivity index (χ0) is 14.7. The second-order valence-electron chi connectivity index (χ2n) is 6.62. The van der Waals surface area contributed by atoms with E-state index in [1.807, 2.05) is 0 Å². The summed E-state index contributed by atoms with van der Waals surface area (Å²) in [6, 6.07) is -0.143. The molecular formula is C13H26N2O3S. The van der Waals surface area contributed by atoms with Crippen LogP contribution < -0.4 is 11.1 Å². The molecule has 6 heteroatoms. The van der Waals surface area contributed by atoms with Crippen LogP contribution in [0.5, 0.6) is 0 Å². The van der Waals surface area contributed by atoms with Gasteiger partial charge in [-0.1, -0.05) is 27.2 Å². The number of nitrogens with one attached hydrogen (secondary N) is 1. The maximum absolute atomic E-state index is 11.9. The minimum atomic E-state index is -3.26. The molecule has 0 radical (unpaired) electrons. The van der Waals surface area contributed by atoms with Gasteiger partial charge in [-0.15, -0.1) is 0 Å². The summed E-state index contributed by atoms with van der Waals surface area (Å²) in [6.45, 7) is 6.59. The van der Waals surface area contributed by atoms with Crippen LogP contribution in [0, 0.1) is 5.41 Å². The van der Waals surface area contributed by atoms with E-state index >= 15 is 0 Å². The van der Waals surface area contributed by atoms with Gasteiger partial charge in [0.1, 0.15) is 5.25 Å². The Hall–Kier alpha value is -0.620. The molecule has 1 saturated heterocycles. The van der Waals surface area contributed by atoms with Crippen molar-refractivity contribution in [2.75, 3.05) is 12.3 Å². The monoisotopic (exact) mass is 290 g/mol. The van der Waals surface area contributed by atoms with Crippen molar-refractivity contribution in [3.63, 3.8) is 0 Å². The molecule has 2 atom stereocenters. The summed E-state index contributed by atoms with van der Waals surface area (Å²) in [5.41, 5.74) is 6.04. The van der Waals surface area contributed by atoms with Gasteiger partial charge in [0, 0.05) is 12.6 Å². The molecule has 1 fully saturated rings. The highest BCUT2D eigenvalue weighted by atomic mass is 32.2. The number of rotatable bonds is 4. The van der Waals surface area contributed by atoms with Crippen molar-refractivity contribution >= 4 is 15.7 Å². The molecule has 19 heavy (non-hydrogen) atoms. The average Bonchev–Trinajstić information content (AvgIpc) is 2.23. The highest BCUT2D eigenvalue weighted by Crippen LogP contribution is 2.21. The SMILES string of the molecule is CC(C)(C)CC(N)CNC(=O)C1CCCCS1(=O)=O. The van der Waals surface area contributed by atoms with Crippen molar-refractivity contribution in [2.45, 2.75) is 57.7 Å². The second-order valence-corrected chi connectivity index (χ2v) is 8.92. The molecule has 3 N–H and O–H groups in total. The quantitative estimate of drug-likeness (QED) is 0.802. The molecule has 1 amide bonds. The summed E-state index contributed by atoms with van der Waals surface area (Å²) in [5, 5.41) is 1.82. The van der Waals surface area contributed by atoms with Crippen LogP contribution in [-0.4, -0.2) is 37.9 Å². The summed E-state index contributed by atoms with van der Waals surface area (Å²) < 4.78 is 23.6. The van der Waals surface area contributed by atoms with E-state index in [1.54, 1.807) is 0 Å². The van der Waals surface area contributed by atoms with E-state index in [0.29, 0.717) is 19.4 Å². The molecule has 5 nitrogen and oxygen atoms in total. The maximum atomic E-state index is 11.9. The van der Waals surface area contributed by atoms with Crippen LogP contribution in [0.3, 0.4) is 0 Å². The van der Waals surface area contributed by atoms with Gasteiger partial charge in [-0.05, 0) is 24.7 Å². The Labute approximate surface area is 116 Å². The molecule has 1 aliphatic heterocycles. The van der Waals surface area contributed by atoms with Gasteiger partial charge < -0.3 is 11.1 Å². The Morgan fingerprint density at radius 2 is 2.00 bits per heavy atom. The first-order valence-electron chi connectivity index (χ1n) is 6.87. The van der Waals surface area contributed by atoms with Crippen molar-refractivity contribution in [2.24, 2.45) is 11.1 Å². The van der Waals surface area contributed by atoms with E-state index in [4.69, 9.17) is 5.73 Å². The third-order valence-corrected chi connectivity index (χ3v) is 5.46. The van der Waals surface area contributed by atoms with Crippen molar-refractivity contribution in [1.82, 2.24) is 5.32 Å². The van der Waals surface area contributed by atoms with E-state index in [2.05, 4.69) is 26.1 Å². The lowest BCUT2D eigenvalue weighted by Gasteiger charge is -2.25. The predicted molar refractivity (Wildman–Crippen MR) is 76.5 cm³/mol. The zero-order valence-corrected chi connectivity index (χ0v) is 12.9. The Balaban J connectivity index is 2.47. The predicted octanol–water partition coefficient (Wildman–Crippen LogP) is 0.833. The van der Waals surface area contributed by atoms with Crippen LogP contribution in [0.2, 0.25) is 0 Å². The summed E-state index contributed by atoms with van der Waals surface area (Å²) in [6.07, 6.45) is 2.67. The van der Waals surface area contributed by atoms with E-state index in [-0.39, 0.29) is 23.1 Å². The van der Waals surface area contributed by atoms with Crippen molar-refractivity contribution < 1.29 is 13.2 Å². The lowest BCUT2D eigenvalue weighted by atomic mass is 9.88. The number of nitrogens with two attached hydrogens (primary N) is 1. The number of sulfone groups is 1. The average molecular weight is 290 g/mol. The van der Waals surface area contributed by atoms with Crippen LogP contribution in [0.25, 0.3) is 0 Å². The van der Waals surface area contributed by atoms with Crippen LogP contribution >= 0.6 is 0 Å². The fourth-order valence-corrected chi connectivity index (χ4v) is 4.28. The number of amides is 1. The summed E-state index contributed by atoms with van der Waals surface area (Å²) in [4.78, 5) is 11.9. The maximum Gasteiger partial charge on any atom is 0.238 e. The van der Waals surface area contributed by atoms with E-state index in [9.17, 15) is 13.2 Å². The van der Waals surface area contributed by atoms with Gasteiger partial charge in [-0.25, -0.2) is 8.42 Å². The fraction of sp³-hybridized carbons (Fsp3) is 0.923. The molecule has 0 aromatic heterocycles. The molecule has 0 aromatic carbocycles. The number of carbonyl (C=O) groups is 1. The first kappa shape index (κ1) is 16.4. The van der Waals surface area contributed by atoms with Crippen LogP contribution in [-0.2, 0) is 14.6 Å². The lowest BCUT2D eigenvalue weighted by molar-refractivity contribution is -0.121. The zero-order valence-electron chi connectivity index (χ0n) is 12.1. The Bertz CT molecular complexity index is 412. The normalized spacial score (nSPS) is 24.7. The third kappa shape index (κ3) is 5.48. The summed E-state index contributed by atoms with van der Waals surface area (Å²) in [5.74, 6) is -0.261. The van der Waals surface area contributed by atoms with Crippen LogP contribution in [0.1, 0.15) is 46.5 Å². The molecule has 0 bridgehead atoms. The van der Waals surface area contributed by atoms with Gasteiger partial charge in [0.25, 0.3) is 0 Å². The fourth-order valence-electron chi connectivity index (χ4n) is 2.45. The molecular weight excluding hydrogens is 264 g/mol. The van der Waals surface area contributed by atoms with Gasteiger partial charge in [0.05, 0.1) is 5.75 Å². The first-order valence-corrected chi connectivity index (χ1v) is 8.58. The summed E-state index contributed by atoms with van der Waals surface area (Å²) in [7, 11) is -3.26. The molecule has 1 rings (SSSR count). The van der Waals surface area contributed by atoms with E-state index in [1.165, 1.54) is 0 Å². The molecule has 1 heterocycles. The van der Waals surface area contributed by atoms with Crippen LogP contribution in [0.4, 0.5) is 0 Å². The number of carbonyl (C=O) groups excluding carboxylic acids is 1. The topological polar surface area (TPSA) is 89.3 Å². The Morgan fingerprint density at radius 1 is 1.37 bits per heavy atom. The van der Waals surface area contributed by atoms with E-state index < -0.39 is 15.1 Å². The highest BCUT2D eigenvalue weighted by molar-refractivity contribution is 7.92. The highest BCUT2D eigenvalue weighted by Gasteiger charge is 2.34. The molecule has 0 spiro atoms. The van der Waals surface area contributed by atoms with Crippen molar-refractivity contribution in [1.29, 1.82) is 0 Å². The molecule has 2 unspecified atom stereocenters. The largest absolute Gasteiger partial charge is 0.353 e. The Morgan fingerprint density at radius 3 is 2.53 bits per heavy atom. The van der Waals surface area contributed by atoms with Gasteiger partial charge in [-0.3, -0.25) is 4.79 Å². The summed E-state index contributed by atoms with van der Waals surface area (Å²) >= 11 is 0. The lowest BCUT2D eigenvalue weighted by Crippen LogP contribution is -2.47. The first-order chi connectivity index (χ1) is 8.62. The minimum absolute atomic E-state index is 0.0983. The van der Waals surface area contributed by atoms with Gasteiger partial charge in [-0.2, -0.15) is 0 Å². The Kier molecular flexibility index (Phi) is 5.38. The molecule has 0 saturated carbocycles. The van der Waals surface area contributed by atoms with Crippen molar-refractivity contribution in [3.05, 3.63) is 0 Å². The van der Waals surface area contributed by atoms with Gasteiger partial charge >= 0.3 is 0 Å². The smallest absolute Gasteiger partial charge is 0.238 e. The van der Waals surface area contributed by atoms with Gasteiger partial charge in [0.15, 0.2) is 9.84 Å². The number of hydrogen-bond donors (Lipinski definition) is 2. The van der Waals surface area contributed by atoms with Crippen molar-refractivity contribution in [3.8, 4) is 0 Å². The molecule has 1 aliphatic rings. The van der Waals surface area contributed by atoms with Gasteiger partial charge in [0.2, 0.25) is 5.91 Å². The molecule has 0 aromatic rings. The van der Waals surface area contributed by atoms with Crippen LogP contribution in [0.15, 0.2) is 0 Å². The minimum Gasteiger partial charge on any atom is -0.353 e. The molecule has 0 aliphatic carbocycles. The van der Waals surface area contributed by atoms with E-state index in [0.717, 1.165) is 12.8 Å². The molecule has 112 valence electrons. The third-order valence-electron chi connectivity index (χ3n) is 3.28. The second kappa shape index (κ2) is 6.22.